The monoisotopic (exact) mass is 351 g/mol. The maximum Gasteiger partial charge on any atom is 0.335 e. The first-order chi connectivity index (χ1) is 12.3. The minimum atomic E-state index is -0.922. The van der Waals surface area contributed by atoms with E-state index in [4.69, 9.17) is 4.98 Å². The Hall–Kier alpha value is -2.56. The molecule has 1 aliphatic rings. The van der Waals surface area contributed by atoms with E-state index < -0.39 is 5.97 Å². The molecule has 5 nitrogen and oxygen atoms in total. The van der Waals surface area contributed by atoms with Gasteiger partial charge in [0.05, 0.1) is 22.1 Å². The van der Waals surface area contributed by atoms with Gasteiger partial charge in [-0.3, -0.25) is 0 Å². The number of fused-ring (bicyclic) bond motifs is 3. The molecule has 1 aromatic carbocycles. The van der Waals surface area contributed by atoms with Gasteiger partial charge in [0, 0.05) is 19.3 Å². The third kappa shape index (κ3) is 2.81. The first-order valence-corrected chi connectivity index (χ1v) is 9.23. The summed E-state index contributed by atoms with van der Waals surface area (Å²) in [5, 5.41) is 9.30. The molecule has 1 aliphatic heterocycles. The molecule has 0 bridgehead atoms. The van der Waals surface area contributed by atoms with Crippen molar-refractivity contribution in [3.05, 3.63) is 42.1 Å². The molecular weight excluding hydrogens is 326 g/mol. The molecule has 3 aromatic rings. The molecule has 2 aromatic heterocycles. The zero-order valence-corrected chi connectivity index (χ0v) is 15.6. The van der Waals surface area contributed by atoms with Gasteiger partial charge in [0.1, 0.15) is 0 Å². The van der Waals surface area contributed by atoms with Crippen LogP contribution in [0.5, 0.6) is 0 Å². The molecule has 0 saturated carbocycles. The fraction of sp³-hybridized carbons (Fsp3) is 0.429. The van der Waals surface area contributed by atoms with Gasteiger partial charge in [-0.1, -0.05) is 20.8 Å². The lowest BCUT2D eigenvalue weighted by Gasteiger charge is -2.39. The molecule has 136 valence electrons. The second-order valence-corrected chi connectivity index (χ2v) is 8.33. The maximum atomic E-state index is 11.3. The van der Waals surface area contributed by atoms with E-state index in [2.05, 4.69) is 36.1 Å². The van der Waals surface area contributed by atoms with Crippen LogP contribution >= 0.6 is 0 Å². The average Bonchev–Trinajstić information content (AvgIpc) is 3.09. The van der Waals surface area contributed by atoms with Crippen LogP contribution in [0.2, 0.25) is 0 Å². The van der Waals surface area contributed by atoms with Crippen LogP contribution in [0.15, 0.2) is 36.5 Å². The Morgan fingerprint density at radius 3 is 2.54 bits per heavy atom. The van der Waals surface area contributed by atoms with Crippen LogP contribution in [0.4, 0.5) is 5.82 Å². The third-order valence-electron chi connectivity index (χ3n) is 5.71. The predicted octanol–water partition coefficient (Wildman–Crippen LogP) is 4.45. The number of hydrogen-bond acceptors (Lipinski definition) is 3. The van der Waals surface area contributed by atoms with E-state index in [0.29, 0.717) is 5.41 Å². The number of anilines is 1. The summed E-state index contributed by atoms with van der Waals surface area (Å²) in [5.41, 5.74) is 3.34. The van der Waals surface area contributed by atoms with Crippen LogP contribution in [0.1, 0.15) is 44.0 Å². The molecule has 0 radical (unpaired) electrons. The van der Waals surface area contributed by atoms with Gasteiger partial charge in [0.15, 0.2) is 5.82 Å². The molecule has 0 unspecified atom stereocenters. The molecule has 0 atom stereocenters. The number of aromatic carboxylic acids is 1. The molecule has 1 fully saturated rings. The van der Waals surface area contributed by atoms with E-state index in [1.165, 1.54) is 0 Å². The SMILES string of the molecule is CC(C)(C)C1CCN(c2nc3cc(C(=O)O)ccc3n3cccc23)CC1. The zero-order valence-electron chi connectivity index (χ0n) is 15.6. The Labute approximate surface area is 153 Å². The van der Waals surface area contributed by atoms with Crippen molar-refractivity contribution in [1.29, 1.82) is 0 Å². The second kappa shape index (κ2) is 6.01. The molecule has 0 aliphatic carbocycles. The summed E-state index contributed by atoms with van der Waals surface area (Å²) in [4.78, 5) is 18.6. The summed E-state index contributed by atoms with van der Waals surface area (Å²) in [6, 6.07) is 9.26. The number of nitrogens with zero attached hydrogens (tertiary/aromatic N) is 3. The second-order valence-electron chi connectivity index (χ2n) is 8.33. The fourth-order valence-electron chi connectivity index (χ4n) is 4.08. The Balaban J connectivity index is 1.76. The molecule has 0 spiro atoms. The van der Waals surface area contributed by atoms with Gasteiger partial charge < -0.3 is 14.4 Å². The van der Waals surface area contributed by atoms with Gasteiger partial charge >= 0.3 is 5.97 Å². The van der Waals surface area contributed by atoms with E-state index >= 15 is 0 Å². The number of aromatic nitrogens is 2. The summed E-state index contributed by atoms with van der Waals surface area (Å²) < 4.78 is 2.11. The van der Waals surface area contributed by atoms with Crippen LogP contribution in [-0.4, -0.2) is 33.6 Å². The van der Waals surface area contributed by atoms with Crippen LogP contribution < -0.4 is 4.90 Å². The highest BCUT2D eigenvalue weighted by molar-refractivity contribution is 5.94. The summed E-state index contributed by atoms with van der Waals surface area (Å²) in [5.74, 6) is 0.756. The van der Waals surface area contributed by atoms with Crippen molar-refractivity contribution >= 4 is 28.3 Å². The van der Waals surface area contributed by atoms with Crippen molar-refractivity contribution in [2.24, 2.45) is 11.3 Å². The van der Waals surface area contributed by atoms with Crippen molar-refractivity contribution in [1.82, 2.24) is 9.38 Å². The van der Waals surface area contributed by atoms with Crippen LogP contribution in [0.3, 0.4) is 0 Å². The van der Waals surface area contributed by atoms with Crippen molar-refractivity contribution in [2.45, 2.75) is 33.6 Å². The lowest BCUT2D eigenvalue weighted by molar-refractivity contribution is 0.0697. The van der Waals surface area contributed by atoms with Gasteiger partial charge in [-0.05, 0) is 54.5 Å². The smallest absolute Gasteiger partial charge is 0.335 e. The molecule has 0 amide bonds. The largest absolute Gasteiger partial charge is 0.478 e. The van der Waals surface area contributed by atoms with Gasteiger partial charge in [0.2, 0.25) is 0 Å². The minimum Gasteiger partial charge on any atom is -0.478 e. The Kier molecular flexibility index (Phi) is 3.90. The van der Waals surface area contributed by atoms with E-state index in [0.717, 1.165) is 54.2 Å². The topological polar surface area (TPSA) is 57.8 Å². The number of carboxylic acids is 1. The summed E-state index contributed by atoms with van der Waals surface area (Å²) in [6.45, 7) is 8.93. The summed E-state index contributed by atoms with van der Waals surface area (Å²) in [6.07, 6.45) is 4.34. The van der Waals surface area contributed by atoms with E-state index in [1.807, 2.05) is 18.3 Å². The number of carbonyl (C=O) groups is 1. The Morgan fingerprint density at radius 2 is 1.88 bits per heavy atom. The van der Waals surface area contributed by atoms with E-state index in [-0.39, 0.29) is 5.56 Å². The van der Waals surface area contributed by atoms with Gasteiger partial charge in [-0.15, -0.1) is 0 Å². The highest BCUT2D eigenvalue weighted by atomic mass is 16.4. The quantitative estimate of drug-likeness (QED) is 0.741. The normalized spacial score (nSPS) is 16.5. The van der Waals surface area contributed by atoms with Gasteiger partial charge in [0.25, 0.3) is 0 Å². The van der Waals surface area contributed by atoms with Crippen LogP contribution in [-0.2, 0) is 0 Å². The molecule has 1 saturated heterocycles. The standard InChI is InChI=1S/C21H25N3O2/c1-21(2,3)15-8-11-23(12-9-15)19-18-5-4-10-24(18)17-7-6-14(20(25)26)13-16(17)22-19/h4-7,10,13,15H,8-9,11-12H2,1-3H3,(H,25,26). The van der Waals surface area contributed by atoms with Crippen LogP contribution in [0.25, 0.3) is 16.6 Å². The van der Waals surface area contributed by atoms with Crippen molar-refractivity contribution < 1.29 is 9.90 Å². The first kappa shape index (κ1) is 16.9. The number of benzene rings is 1. The highest BCUT2D eigenvalue weighted by Crippen LogP contribution is 2.36. The molecule has 3 heterocycles. The number of hydrogen-bond donors (Lipinski definition) is 1. The van der Waals surface area contributed by atoms with Gasteiger partial charge in [-0.2, -0.15) is 0 Å². The van der Waals surface area contributed by atoms with E-state index in [1.54, 1.807) is 12.1 Å². The average molecular weight is 351 g/mol. The van der Waals surface area contributed by atoms with E-state index in [9.17, 15) is 9.90 Å². The van der Waals surface area contributed by atoms with Crippen molar-refractivity contribution in [2.75, 3.05) is 18.0 Å². The highest BCUT2D eigenvalue weighted by Gasteiger charge is 2.30. The number of rotatable bonds is 2. The van der Waals surface area contributed by atoms with Gasteiger partial charge in [-0.25, -0.2) is 9.78 Å². The molecule has 4 rings (SSSR count). The maximum absolute atomic E-state index is 11.3. The Morgan fingerprint density at radius 1 is 1.15 bits per heavy atom. The third-order valence-corrected chi connectivity index (χ3v) is 5.71. The predicted molar refractivity (Wildman–Crippen MR) is 104 cm³/mol. The zero-order chi connectivity index (χ0) is 18.5. The first-order valence-electron chi connectivity index (χ1n) is 9.23. The number of piperidine rings is 1. The minimum absolute atomic E-state index is 0.272. The molecular formula is C21H25N3O2. The number of carboxylic acid groups (broad SMARTS) is 1. The fourth-order valence-corrected chi connectivity index (χ4v) is 4.08. The van der Waals surface area contributed by atoms with Crippen LogP contribution in [0, 0.1) is 11.3 Å². The summed E-state index contributed by atoms with van der Waals surface area (Å²) in [7, 11) is 0. The van der Waals surface area contributed by atoms with Crippen molar-refractivity contribution in [3.63, 3.8) is 0 Å². The van der Waals surface area contributed by atoms with Crippen molar-refractivity contribution in [3.8, 4) is 0 Å². The Bertz CT molecular complexity index is 976. The molecule has 1 N–H and O–H groups in total. The molecule has 26 heavy (non-hydrogen) atoms. The summed E-state index contributed by atoms with van der Waals surface area (Å²) >= 11 is 0. The molecule has 5 heteroatoms. The lowest BCUT2D eigenvalue weighted by Crippen LogP contribution is -2.38. The lowest BCUT2D eigenvalue weighted by atomic mass is 9.75.